The van der Waals surface area contributed by atoms with Crippen LogP contribution in [0.2, 0.25) is 0 Å². The first-order valence-corrected chi connectivity index (χ1v) is 11.3. The summed E-state index contributed by atoms with van der Waals surface area (Å²) in [6.07, 6.45) is 1.40. The molecular formula is C26H24N6O3. The molecule has 4 aromatic rings. The predicted octanol–water partition coefficient (Wildman–Crippen LogP) is 2.84. The third-order valence-electron chi connectivity index (χ3n) is 5.69. The van der Waals surface area contributed by atoms with E-state index in [2.05, 4.69) is 25.4 Å². The molecule has 1 saturated heterocycles. The topological polar surface area (TPSA) is 102 Å². The van der Waals surface area contributed by atoms with Crippen molar-refractivity contribution >= 4 is 17.4 Å². The minimum absolute atomic E-state index is 0.140. The second-order valence-corrected chi connectivity index (χ2v) is 8.11. The molecule has 1 amide bonds. The first kappa shape index (κ1) is 22.4. The molecule has 176 valence electrons. The molecule has 35 heavy (non-hydrogen) atoms. The first-order valence-electron chi connectivity index (χ1n) is 11.3. The highest BCUT2D eigenvalue weighted by Gasteiger charge is 2.13. The molecule has 9 heteroatoms. The van der Waals surface area contributed by atoms with Crippen LogP contribution in [0.25, 0.3) is 22.5 Å². The lowest BCUT2D eigenvalue weighted by Crippen LogP contribution is -2.36. The van der Waals surface area contributed by atoms with Crippen molar-refractivity contribution in [2.45, 2.75) is 6.54 Å². The van der Waals surface area contributed by atoms with Gasteiger partial charge >= 0.3 is 0 Å². The van der Waals surface area contributed by atoms with E-state index in [0.29, 0.717) is 30.3 Å². The van der Waals surface area contributed by atoms with Crippen LogP contribution in [0.15, 0.2) is 83.9 Å². The Morgan fingerprint density at radius 3 is 2.43 bits per heavy atom. The summed E-state index contributed by atoms with van der Waals surface area (Å²) in [5, 5.41) is 11.6. The van der Waals surface area contributed by atoms with Gasteiger partial charge in [-0.2, -0.15) is 0 Å². The van der Waals surface area contributed by atoms with E-state index in [9.17, 15) is 9.59 Å². The van der Waals surface area contributed by atoms with Gasteiger partial charge in [0.05, 0.1) is 30.9 Å². The van der Waals surface area contributed by atoms with Crippen LogP contribution in [0.1, 0.15) is 0 Å². The quantitative estimate of drug-likeness (QED) is 0.464. The number of nitrogens with one attached hydrogen (secondary N) is 1. The summed E-state index contributed by atoms with van der Waals surface area (Å²) in [5.74, 6) is 0.492. The van der Waals surface area contributed by atoms with E-state index in [1.807, 2.05) is 60.7 Å². The molecule has 0 unspecified atom stereocenters. The summed E-state index contributed by atoms with van der Waals surface area (Å²) in [7, 11) is 0. The Kier molecular flexibility index (Phi) is 6.58. The van der Waals surface area contributed by atoms with E-state index < -0.39 is 0 Å². The van der Waals surface area contributed by atoms with E-state index in [4.69, 9.17) is 4.74 Å². The average molecular weight is 469 g/mol. The molecule has 5 rings (SSSR count). The smallest absolute Gasteiger partial charge is 0.254 e. The molecule has 2 aromatic carbocycles. The number of carbonyl (C=O) groups excluding carboxylic acids is 1. The number of nitrogens with zero attached hydrogens (tertiary/aromatic N) is 5. The predicted molar refractivity (Wildman–Crippen MR) is 133 cm³/mol. The summed E-state index contributed by atoms with van der Waals surface area (Å²) in [6, 6.07) is 22.1. The minimum atomic E-state index is -0.327. The second kappa shape index (κ2) is 10.3. The monoisotopic (exact) mass is 468 g/mol. The van der Waals surface area contributed by atoms with Crippen LogP contribution in [0.5, 0.6) is 0 Å². The number of benzene rings is 2. The molecule has 0 bridgehead atoms. The number of rotatable bonds is 6. The van der Waals surface area contributed by atoms with Gasteiger partial charge in [-0.05, 0) is 24.3 Å². The van der Waals surface area contributed by atoms with Gasteiger partial charge in [-0.1, -0.05) is 42.5 Å². The minimum Gasteiger partial charge on any atom is -0.378 e. The molecule has 9 nitrogen and oxygen atoms in total. The summed E-state index contributed by atoms with van der Waals surface area (Å²) < 4.78 is 6.66. The molecule has 1 fully saturated rings. The fourth-order valence-electron chi connectivity index (χ4n) is 3.86. The third kappa shape index (κ3) is 5.42. The van der Waals surface area contributed by atoms with Crippen LogP contribution < -0.4 is 15.8 Å². The van der Waals surface area contributed by atoms with Crippen molar-refractivity contribution in [1.29, 1.82) is 0 Å². The van der Waals surface area contributed by atoms with Gasteiger partial charge in [0.25, 0.3) is 5.56 Å². The zero-order chi connectivity index (χ0) is 24.0. The molecular weight excluding hydrogens is 444 g/mol. The van der Waals surface area contributed by atoms with Crippen LogP contribution in [-0.2, 0) is 16.1 Å². The zero-order valence-electron chi connectivity index (χ0n) is 19.0. The molecule has 2 aromatic heterocycles. The second-order valence-electron chi connectivity index (χ2n) is 8.11. The fourth-order valence-corrected chi connectivity index (χ4v) is 3.86. The van der Waals surface area contributed by atoms with E-state index in [-0.39, 0.29) is 18.0 Å². The lowest BCUT2D eigenvalue weighted by molar-refractivity contribution is -0.116. The van der Waals surface area contributed by atoms with Gasteiger partial charge in [0.1, 0.15) is 6.54 Å². The highest BCUT2D eigenvalue weighted by atomic mass is 16.5. The first-order chi connectivity index (χ1) is 17.2. The van der Waals surface area contributed by atoms with Crippen molar-refractivity contribution in [1.82, 2.24) is 19.7 Å². The lowest BCUT2D eigenvalue weighted by atomic mass is 10.1. The van der Waals surface area contributed by atoms with E-state index in [1.54, 1.807) is 6.07 Å². The normalized spacial score (nSPS) is 13.4. The van der Waals surface area contributed by atoms with Crippen LogP contribution in [0.4, 0.5) is 11.5 Å². The van der Waals surface area contributed by atoms with Crippen molar-refractivity contribution in [3.8, 4) is 22.5 Å². The van der Waals surface area contributed by atoms with Crippen molar-refractivity contribution in [2.75, 3.05) is 36.5 Å². The fraction of sp³-hybridized carbons (Fsp3) is 0.192. The van der Waals surface area contributed by atoms with Crippen LogP contribution >= 0.6 is 0 Å². The van der Waals surface area contributed by atoms with Gasteiger partial charge in [-0.3, -0.25) is 14.2 Å². The molecule has 1 N–H and O–H groups in total. The van der Waals surface area contributed by atoms with E-state index >= 15 is 0 Å². The van der Waals surface area contributed by atoms with Crippen molar-refractivity contribution in [2.24, 2.45) is 0 Å². The van der Waals surface area contributed by atoms with Crippen LogP contribution in [-0.4, -0.2) is 52.0 Å². The van der Waals surface area contributed by atoms with Crippen LogP contribution in [0.3, 0.4) is 0 Å². The van der Waals surface area contributed by atoms with Crippen molar-refractivity contribution in [3.63, 3.8) is 0 Å². The van der Waals surface area contributed by atoms with Crippen molar-refractivity contribution in [3.05, 3.63) is 89.5 Å². The highest BCUT2D eigenvalue weighted by molar-refractivity contribution is 5.91. The number of anilines is 2. The zero-order valence-corrected chi connectivity index (χ0v) is 19.0. The molecule has 3 heterocycles. The Hall–Kier alpha value is -4.37. The number of morpholine rings is 1. The third-order valence-corrected chi connectivity index (χ3v) is 5.69. The maximum Gasteiger partial charge on any atom is 0.254 e. The highest BCUT2D eigenvalue weighted by Crippen LogP contribution is 2.22. The molecule has 0 saturated carbocycles. The number of ether oxygens (including phenoxy) is 1. The molecule has 0 radical (unpaired) electrons. The Morgan fingerprint density at radius 2 is 1.69 bits per heavy atom. The van der Waals surface area contributed by atoms with Gasteiger partial charge in [0.15, 0.2) is 5.82 Å². The van der Waals surface area contributed by atoms with E-state index in [1.165, 1.54) is 17.0 Å². The molecule has 0 atom stereocenters. The Labute approximate surface area is 202 Å². The SMILES string of the molecule is O=C(Cn1cnc(-c2ccccc2)cc1=O)Nc1cccc(-c2ccc(N3CCOCC3)nn2)c1. The van der Waals surface area contributed by atoms with Gasteiger partial charge < -0.3 is 15.0 Å². The average Bonchev–Trinajstić information content (AvgIpc) is 2.91. The van der Waals surface area contributed by atoms with E-state index in [0.717, 1.165) is 30.0 Å². The Morgan fingerprint density at radius 1 is 0.886 bits per heavy atom. The Balaban J connectivity index is 1.25. The standard InChI is InChI=1S/C26H24N6O3/c33-25(17-32-18-27-23(16-26(32)34)19-5-2-1-3-6-19)28-21-8-4-7-20(15-21)22-9-10-24(30-29-22)31-11-13-35-14-12-31/h1-10,15-16,18H,11-14,17H2,(H,28,33). The number of amides is 1. The van der Waals surface area contributed by atoms with Crippen LogP contribution in [0, 0.1) is 0 Å². The molecule has 0 spiro atoms. The maximum absolute atomic E-state index is 12.6. The summed E-state index contributed by atoms with van der Waals surface area (Å²) in [5.41, 5.74) is 3.26. The lowest BCUT2D eigenvalue weighted by Gasteiger charge is -2.27. The Bertz CT molecular complexity index is 1370. The van der Waals surface area contributed by atoms with Crippen molar-refractivity contribution < 1.29 is 9.53 Å². The molecule has 1 aliphatic rings. The van der Waals surface area contributed by atoms with Gasteiger partial charge in [0, 0.05) is 36.0 Å². The van der Waals surface area contributed by atoms with Gasteiger partial charge in [0.2, 0.25) is 5.91 Å². The molecule has 1 aliphatic heterocycles. The van der Waals surface area contributed by atoms with Gasteiger partial charge in [-0.15, -0.1) is 10.2 Å². The largest absolute Gasteiger partial charge is 0.378 e. The number of hydrogen-bond donors (Lipinski definition) is 1. The summed E-state index contributed by atoms with van der Waals surface area (Å²) >= 11 is 0. The molecule has 0 aliphatic carbocycles. The number of aromatic nitrogens is 4. The number of hydrogen-bond acceptors (Lipinski definition) is 7. The van der Waals surface area contributed by atoms with Gasteiger partial charge in [-0.25, -0.2) is 4.98 Å². The summed E-state index contributed by atoms with van der Waals surface area (Å²) in [4.78, 5) is 31.6. The maximum atomic E-state index is 12.6. The summed E-state index contributed by atoms with van der Waals surface area (Å²) in [6.45, 7) is 2.82. The number of carbonyl (C=O) groups is 1.